The van der Waals surface area contributed by atoms with Crippen LogP contribution in [0.4, 0.5) is 21.7 Å². The molecule has 1 aromatic heterocycles. The van der Waals surface area contributed by atoms with Gasteiger partial charge in [0.25, 0.3) is 0 Å². The molecule has 0 fully saturated rings. The summed E-state index contributed by atoms with van der Waals surface area (Å²) in [5.74, 6) is 2.12. The van der Waals surface area contributed by atoms with E-state index < -0.39 is 0 Å². The largest absolute Gasteiger partial charge is 0.370 e. The van der Waals surface area contributed by atoms with Crippen molar-refractivity contribution in [2.45, 2.75) is 26.7 Å². The third kappa shape index (κ3) is 3.66. The standard InChI is InChI=1S/C15H19FN4/c1-4-17-13-9-14(20-15(19-13)10(2)3)18-12-7-5-6-11(16)8-12/h5-10H,4H2,1-3H3,(H2,17,18,19,20). The zero-order chi connectivity index (χ0) is 14.5. The average Bonchev–Trinajstić information content (AvgIpc) is 2.38. The molecule has 4 nitrogen and oxygen atoms in total. The second kappa shape index (κ2) is 6.32. The van der Waals surface area contributed by atoms with E-state index in [4.69, 9.17) is 0 Å². The Bertz CT molecular complexity index is 584. The van der Waals surface area contributed by atoms with Crippen molar-refractivity contribution < 1.29 is 4.39 Å². The van der Waals surface area contributed by atoms with Crippen molar-refractivity contribution in [3.63, 3.8) is 0 Å². The third-order valence-corrected chi connectivity index (χ3v) is 2.71. The molecular formula is C15H19FN4. The molecule has 0 atom stereocenters. The summed E-state index contributed by atoms with van der Waals surface area (Å²) in [6.45, 7) is 6.87. The van der Waals surface area contributed by atoms with Crippen LogP contribution in [0.15, 0.2) is 30.3 Å². The molecule has 0 amide bonds. The maximum atomic E-state index is 13.2. The molecule has 106 valence electrons. The van der Waals surface area contributed by atoms with Crippen molar-refractivity contribution in [3.8, 4) is 0 Å². The van der Waals surface area contributed by atoms with Gasteiger partial charge in [-0.05, 0) is 25.1 Å². The van der Waals surface area contributed by atoms with Crippen molar-refractivity contribution in [2.24, 2.45) is 0 Å². The molecule has 0 saturated carbocycles. The second-order valence-electron chi connectivity index (χ2n) is 4.82. The van der Waals surface area contributed by atoms with E-state index in [0.717, 1.165) is 18.2 Å². The third-order valence-electron chi connectivity index (χ3n) is 2.71. The van der Waals surface area contributed by atoms with Gasteiger partial charge in [0.05, 0.1) is 0 Å². The summed E-state index contributed by atoms with van der Waals surface area (Å²) in [7, 11) is 0. The van der Waals surface area contributed by atoms with Gasteiger partial charge in [-0.1, -0.05) is 19.9 Å². The molecule has 0 aliphatic heterocycles. The number of hydrogen-bond acceptors (Lipinski definition) is 4. The van der Waals surface area contributed by atoms with Crippen molar-refractivity contribution in [2.75, 3.05) is 17.2 Å². The number of aromatic nitrogens is 2. The van der Waals surface area contributed by atoms with Crippen LogP contribution in [0.3, 0.4) is 0 Å². The highest BCUT2D eigenvalue weighted by Crippen LogP contribution is 2.20. The van der Waals surface area contributed by atoms with E-state index in [1.165, 1.54) is 12.1 Å². The Morgan fingerprint density at radius 1 is 1.15 bits per heavy atom. The number of anilines is 3. The molecule has 0 spiro atoms. The average molecular weight is 274 g/mol. The fourth-order valence-electron chi connectivity index (χ4n) is 1.77. The van der Waals surface area contributed by atoms with Crippen molar-refractivity contribution in [1.82, 2.24) is 9.97 Å². The van der Waals surface area contributed by atoms with Crippen molar-refractivity contribution in [1.29, 1.82) is 0 Å². The second-order valence-corrected chi connectivity index (χ2v) is 4.82. The Hall–Kier alpha value is -2.17. The summed E-state index contributed by atoms with van der Waals surface area (Å²) in [5.41, 5.74) is 0.667. The van der Waals surface area contributed by atoms with E-state index in [-0.39, 0.29) is 11.7 Å². The molecule has 0 aliphatic carbocycles. The minimum Gasteiger partial charge on any atom is -0.370 e. The summed E-state index contributed by atoms with van der Waals surface area (Å²) in [5, 5.41) is 6.28. The fourth-order valence-corrected chi connectivity index (χ4v) is 1.77. The molecule has 0 aliphatic rings. The number of nitrogens with zero attached hydrogens (tertiary/aromatic N) is 2. The lowest BCUT2D eigenvalue weighted by atomic mass is 10.2. The molecule has 1 heterocycles. The summed E-state index contributed by atoms with van der Waals surface area (Å²) in [4.78, 5) is 8.90. The number of rotatable bonds is 5. The quantitative estimate of drug-likeness (QED) is 0.867. The number of nitrogens with one attached hydrogen (secondary N) is 2. The molecule has 0 radical (unpaired) electrons. The first-order valence-corrected chi connectivity index (χ1v) is 6.74. The summed E-state index contributed by atoms with van der Waals surface area (Å²) in [6, 6.07) is 8.12. The predicted octanol–water partition coefficient (Wildman–Crippen LogP) is 3.91. The number of hydrogen-bond donors (Lipinski definition) is 2. The minimum absolute atomic E-state index is 0.224. The topological polar surface area (TPSA) is 49.8 Å². The lowest BCUT2D eigenvalue weighted by Gasteiger charge is -2.12. The molecule has 2 N–H and O–H groups in total. The SMILES string of the molecule is CCNc1cc(Nc2cccc(F)c2)nc(C(C)C)n1. The van der Waals surface area contributed by atoms with Gasteiger partial charge >= 0.3 is 0 Å². The van der Waals surface area contributed by atoms with Crippen LogP contribution in [-0.2, 0) is 0 Å². The van der Waals surface area contributed by atoms with Gasteiger partial charge in [0, 0.05) is 24.2 Å². The van der Waals surface area contributed by atoms with E-state index in [2.05, 4.69) is 20.6 Å². The van der Waals surface area contributed by atoms with Crippen molar-refractivity contribution >= 4 is 17.3 Å². The normalized spacial score (nSPS) is 10.7. The molecule has 0 bridgehead atoms. The monoisotopic (exact) mass is 274 g/mol. The highest BCUT2D eigenvalue weighted by atomic mass is 19.1. The van der Waals surface area contributed by atoms with Gasteiger partial charge in [-0.25, -0.2) is 14.4 Å². The Morgan fingerprint density at radius 2 is 1.90 bits per heavy atom. The highest BCUT2D eigenvalue weighted by molar-refractivity contribution is 5.59. The van der Waals surface area contributed by atoms with E-state index in [1.54, 1.807) is 12.1 Å². The first-order chi connectivity index (χ1) is 9.58. The van der Waals surface area contributed by atoms with Crippen molar-refractivity contribution in [3.05, 3.63) is 42.0 Å². The summed E-state index contributed by atoms with van der Waals surface area (Å²) in [6.07, 6.45) is 0. The zero-order valence-corrected chi connectivity index (χ0v) is 11.9. The Kier molecular flexibility index (Phi) is 4.50. The van der Waals surface area contributed by atoms with Gasteiger partial charge < -0.3 is 10.6 Å². The van der Waals surface area contributed by atoms with Gasteiger partial charge in [-0.2, -0.15) is 0 Å². The predicted molar refractivity (Wildman–Crippen MR) is 80.0 cm³/mol. The van der Waals surface area contributed by atoms with Gasteiger partial charge in [0.2, 0.25) is 0 Å². The van der Waals surface area contributed by atoms with E-state index in [1.807, 2.05) is 26.8 Å². The molecule has 2 aromatic rings. The van der Waals surface area contributed by atoms with Gasteiger partial charge in [-0.15, -0.1) is 0 Å². The highest BCUT2D eigenvalue weighted by Gasteiger charge is 2.08. The molecule has 0 unspecified atom stereocenters. The van der Waals surface area contributed by atoms with Gasteiger partial charge in [0.1, 0.15) is 23.3 Å². The number of halogens is 1. The Balaban J connectivity index is 2.30. The van der Waals surface area contributed by atoms with Crippen LogP contribution in [0.1, 0.15) is 32.5 Å². The van der Waals surface area contributed by atoms with Gasteiger partial charge in [0.15, 0.2) is 0 Å². The first kappa shape index (κ1) is 14.2. The van der Waals surface area contributed by atoms with Crippen LogP contribution in [0, 0.1) is 5.82 Å². The van der Waals surface area contributed by atoms with E-state index in [9.17, 15) is 4.39 Å². The van der Waals surface area contributed by atoms with Crippen LogP contribution < -0.4 is 10.6 Å². The fraction of sp³-hybridized carbons (Fsp3) is 0.333. The molecule has 20 heavy (non-hydrogen) atoms. The van der Waals surface area contributed by atoms with Crippen LogP contribution in [0.5, 0.6) is 0 Å². The molecule has 5 heteroatoms. The van der Waals surface area contributed by atoms with Crippen LogP contribution in [0.25, 0.3) is 0 Å². The van der Waals surface area contributed by atoms with Crippen LogP contribution in [0.2, 0.25) is 0 Å². The lowest BCUT2D eigenvalue weighted by molar-refractivity contribution is 0.628. The van der Waals surface area contributed by atoms with Crippen LogP contribution >= 0.6 is 0 Å². The maximum Gasteiger partial charge on any atom is 0.136 e. The maximum absolute atomic E-state index is 13.2. The lowest BCUT2D eigenvalue weighted by Crippen LogP contribution is -2.07. The molecule has 1 aromatic carbocycles. The number of benzene rings is 1. The smallest absolute Gasteiger partial charge is 0.136 e. The van der Waals surface area contributed by atoms with Gasteiger partial charge in [-0.3, -0.25) is 0 Å². The van der Waals surface area contributed by atoms with Crippen LogP contribution in [-0.4, -0.2) is 16.5 Å². The van der Waals surface area contributed by atoms with E-state index >= 15 is 0 Å². The minimum atomic E-state index is -0.278. The summed E-state index contributed by atoms with van der Waals surface area (Å²) < 4.78 is 13.2. The zero-order valence-electron chi connectivity index (χ0n) is 11.9. The Morgan fingerprint density at radius 3 is 2.55 bits per heavy atom. The molecule has 0 saturated heterocycles. The molecular weight excluding hydrogens is 255 g/mol. The Labute approximate surface area is 118 Å². The van der Waals surface area contributed by atoms with E-state index in [0.29, 0.717) is 11.5 Å². The summed E-state index contributed by atoms with van der Waals surface area (Å²) >= 11 is 0. The first-order valence-electron chi connectivity index (χ1n) is 6.74. The molecule has 2 rings (SSSR count).